The maximum Gasteiger partial charge on any atom is 0.341 e. The highest BCUT2D eigenvalue weighted by molar-refractivity contribution is 5.91. The summed E-state index contributed by atoms with van der Waals surface area (Å²) in [5.74, 6) is -4.02. The smallest absolute Gasteiger partial charge is 0.341 e. The lowest BCUT2D eigenvalue weighted by Gasteiger charge is -2.29. The molecule has 1 aliphatic rings. The minimum Gasteiger partial charge on any atom is -0.462 e. The van der Waals surface area contributed by atoms with E-state index in [-0.39, 0.29) is 12.2 Å². The van der Waals surface area contributed by atoms with Gasteiger partial charge in [0.25, 0.3) is 5.92 Å². The van der Waals surface area contributed by atoms with Gasteiger partial charge in [-0.25, -0.2) is 9.48 Å². The predicted octanol–water partition coefficient (Wildman–Crippen LogP) is 3.54. The fraction of sp³-hybridized carbons (Fsp3) is 0.444. The number of nitrogens with zero attached hydrogens (tertiary/aromatic N) is 3. The van der Waals surface area contributed by atoms with Gasteiger partial charge in [0.1, 0.15) is 11.3 Å². The van der Waals surface area contributed by atoms with Gasteiger partial charge in [0.2, 0.25) is 0 Å². The number of anilines is 1. The summed E-state index contributed by atoms with van der Waals surface area (Å²) in [6.07, 6.45) is 2.88. The quantitative estimate of drug-likeness (QED) is 0.792. The molecule has 0 aliphatic carbocycles. The topological polar surface area (TPSA) is 47.4 Å². The van der Waals surface area contributed by atoms with Crippen LogP contribution in [-0.4, -0.2) is 35.9 Å². The van der Waals surface area contributed by atoms with E-state index in [0.717, 1.165) is 43.8 Å². The molecule has 0 amide bonds. The van der Waals surface area contributed by atoms with E-state index >= 15 is 0 Å². The average molecular weight is 349 g/mol. The van der Waals surface area contributed by atoms with E-state index in [9.17, 15) is 13.6 Å². The maximum absolute atomic E-state index is 14.3. The maximum atomic E-state index is 14.3. The molecule has 3 rings (SSSR count). The molecule has 0 unspecified atom stereocenters. The lowest BCUT2D eigenvalue weighted by Crippen LogP contribution is -2.26. The largest absolute Gasteiger partial charge is 0.462 e. The lowest BCUT2D eigenvalue weighted by atomic mass is 9.99. The number of carbonyl (C=O) groups is 1. The molecule has 5 nitrogen and oxygen atoms in total. The summed E-state index contributed by atoms with van der Waals surface area (Å²) in [4.78, 5) is 14.2. The zero-order chi connectivity index (χ0) is 18.2. The summed E-state index contributed by atoms with van der Waals surface area (Å²) < 4.78 is 34.7. The molecule has 0 fully saturated rings. The van der Waals surface area contributed by atoms with E-state index in [2.05, 4.69) is 10.00 Å². The molecular weight excluding hydrogens is 328 g/mol. The zero-order valence-electron chi connectivity index (χ0n) is 14.6. The van der Waals surface area contributed by atoms with Crippen LogP contribution in [-0.2, 0) is 17.1 Å². The minimum absolute atomic E-state index is 0.115. The average Bonchev–Trinajstić information content (AvgIpc) is 3.00. The number of aromatic nitrogens is 2. The van der Waals surface area contributed by atoms with Crippen molar-refractivity contribution < 1.29 is 18.3 Å². The number of hydrogen-bond acceptors (Lipinski definition) is 4. The first kappa shape index (κ1) is 17.4. The number of halogens is 2. The van der Waals surface area contributed by atoms with Crippen LogP contribution in [0.4, 0.5) is 14.5 Å². The fourth-order valence-electron chi connectivity index (χ4n) is 3.30. The van der Waals surface area contributed by atoms with Gasteiger partial charge >= 0.3 is 5.97 Å². The van der Waals surface area contributed by atoms with Crippen LogP contribution in [0.25, 0.3) is 5.69 Å². The van der Waals surface area contributed by atoms with Crippen molar-refractivity contribution in [3.05, 3.63) is 41.2 Å². The van der Waals surface area contributed by atoms with Gasteiger partial charge < -0.3 is 9.64 Å². The number of fused-ring (bicyclic) bond motifs is 1. The van der Waals surface area contributed by atoms with E-state index in [1.807, 2.05) is 19.2 Å². The van der Waals surface area contributed by atoms with Crippen molar-refractivity contribution in [3.63, 3.8) is 0 Å². The fourth-order valence-corrected chi connectivity index (χ4v) is 3.30. The Morgan fingerprint density at radius 1 is 1.36 bits per heavy atom. The van der Waals surface area contributed by atoms with Crippen molar-refractivity contribution in [3.8, 4) is 5.69 Å². The summed E-state index contributed by atoms with van der Waals surface area (Å²) in [6, 6.07) is 5.55. The highest BCUT2D eigenvalue weighted by Gasteiger charge is 2.37. The lowest BCUT2D eigenvalue weighted by molar-refractivity contribution is 0.00751. The summed E-state index contributed by atoms with van der Waals surface area (Å²) in [5, 5.41) is 4.11. The van der Waals surface area contributed by atoms with Crippen molar-refractivity contribution in [1.29, 1.82) is 0 Å². The molecule has 7 heteroatoms. The Morgan fingerprint density at radius 2 is 2.08 bits per heavy atom. The Balaban J connectivity index is 2.19. The second-order valence-corrected chi connectivity index (χ2v) is 6.23. The second kappa shape index (κ2) is 6.46. The number of esters is 1. The number of hydrogen-bond donors (Lipinski definition) is 0. The highest BCUT2D eigenvalue weighted by atomic mass is 19.3. The first-order valence-corrected chi connectivity index (χ1v) is 8.31. The van der Waals surface area contributed by atoms with Crippen LogP contribution >= 0.6 is 0 Å². The van der Waals surface area contributed by atoms with E-state index in [0.29, 0.717) is 5.69 Å². The van der Waals surface area contributed by atoms with Gasteiger partial charge in [-0.2, -0.15) is 13.9 Å². The summed E-state index contributed by atoms with van der Waals surface area (Å²) >= 11 is 0. The van der Waals surface area contributed by atoms with E-state index in [1.54, 1.807) is 13.0 Å². The van der Waals surface area contributed by atoms with Crippen LogP contribution in [0.15, 0.2) is 24.4 Å². The zero-order valence-corrected chi connectivity index (χ0v) is 14.6. The molecule has 0 radical (unpaired) electrons. The molecule has 2 aromatic rings. The Kier molecular flexibility index (Phi) is 4.49. The third-order valence-corrected chi connectivity index (χ3v) is 4.37. The van der Waals surface area contributed by atoms with E-state index in [1.165, 1.54) is 4.68 Å². The minimum atomic E-state index is -3.23. The third-order valence-electron chi connectivity index (χ3n) is 4.37. The van der Waals surface area contributed by atoms with Gasteiger partial charge in [0.15, 0.2) is 0 Å². The van der Waals surface area contributed by atoms with Crippen LogP contribution < -0.4 is 4.90 Å². The standard InChI is InChI=1S/C18H21F2N3O2/c1-4-25-17(24)13-11-21-23(16(13)18(2,19)20)15-9-5-8-14-12(15)7-6-10-22(14)3/h5,8-9,11H,4,6-7,10H2,1-3H3. The second-order valence-electron chi connectivity index (χ2n) is 6.23. The molecule has 0 bridgehead atoms. The molecule has 0 spiro atoms. The SMILES string of the molecule is CCOC(=O)c1cnn(-c2cccc3c2CCCN3C)c1C(C)(F)F. The Morgan fingerprint density at radius 3 is 2.76 bits per heavy atom. The van der Waals surface area contributed by atoms with Crippen LogP contribution in [0.2, 0.25) is 0 Å². The highest BCUT2D eigenvalue weighted by Crippen LogP contribution is 2.36. The molecule has 0 atom stereocenters. The van der Waals surface area contributed by atoms with Gasteiger partial charge in [0.05, 0.1) is 18.5 Å². The molecule has 1 aliphatic heterocycles. The normalized spacial score (nSPS) is 14.4. The van der Waals surface area contributed by atoms with Crippen LogP contribution in [0.1, 0.15) is 41.9 Å². The van der Waals surface area contributed by atoms with Crippen LogP contribution in [0.5, 0.6) is 0 Å². The van der Waals surface area contributed by atoms with Gasteiger partial charge in [-0.3, -0.25) is 0 Å². The molecule has 134 valence electrons. The Bertz CT molecular complexity index is 796. The van der Waals surface area contributed by atoms with E-state index < -0.39 is 17.6 Å². The molecule has 0 saturated heterocycles. The molecule has 1 aromatic heterocycles. The number of benzene rings is 1. The summed E-state index contributed by atoms with van der Waals surface area (Å²) in [5.41, 5.74) is 1.90. The van der Waals surface area contributed by atoms with Gasteiger partial charge in [-0.15, -0.1) is 0 Å². The number of ether oxygens (including phenoxy) is 1. The Hall–Kier alpha value is -2.44. The molecule has 2 heterocycles. The van der Waals surface area contributed by atoms with Crippen molar-refractivity contribution in [2.24, 2.45) is 0 Å². The molecule has 25 heavy (non-hydrogen) atoms. The number of rotatable bonds is 4. The van der Waals surface area contributed by atoms with E-state index in [4.69, 9.17) is 4.74 Å². The summed E-state index contributed by atoms with van der Waals surface area (Å²) in [7, 11) is 1.98. The molecular formula is C18H21F2N3O2. The summed E-state index contributed by atoms with van der Waals surface area (Å²) in [6.45, 7) is 3.44. The van der Waals surface area contributed by atoms with Gasteiger partial charge in [-0.1, -0.05) is 6.07 Å². The van der Waals surface area contributed by atoms with Crippen molar-refractivity contribution in [2.45, 2.75) is 32.6 Å². The van der Waals surface area contributed by atoms with Gasteiger partial charge in [0, 0.05) is 31.8 Å². The third kappa shape index (κ3) is 3.10. The monoisotopic (exact) mass is 349 g/mol. The van der Waals surface area contributed by atoms with Crippen LogP contribution in [0.3, 0.4) is 0 Å². The molecule has 0 N–H and O–H groups in total. The first-order chi connectivity index (χ1) is 11.8. The molecule has 0 saturated carbocycles. The van der Waals surface area contributed by atoms with Crippen molar-refractivity contribution >= 4 is 11.7 Å². The Labute approximate surface area is 145 Å². The van der Waals surface area contributed by atoms with Gasteiger partial charge in [-0.05, 0) is 31.9 Å². The first-order valence-electron chi connectivity index (χ1n) is 8.31. The predicted molar refractivity (Wildman–Crippen MR) is 90.7 cm³/mol. The van der Waals surface area contributed by atoms with Crippen LogP contribution in [0, 0.1) is 0 Å². The number of carbonyl (C=O) groups excluding carboxylic acids is 1. The van der Waals surface area contributed by atoms with Crippen molar-refractivity contribution in [1.82, 2.24) is 9.78 Å². The number of alkyl halides is 2. The van der Waals surface area contributed by atoms with Crippen molar-refractivity contribution in [2.75, 3.05) is 25.1 Å². The molecule has 1 aromatic carbocycles.